The molecule has 0 saturated carbocycles. The molecule has 0 aliphatic carbocycles. The van der Waals surface area contributed by atoms with Crippen molar-refractivity contribution in [3.05, 3.63) is 53.0 Å². The molecule has 0 radical (unpaired) electrons. The first-order valence-electron chi connectivity index (χ1n) is 7.67. The van der Waals surface area contributed by atoms with Gasteiger partial charge < -0.3 is 15.0 Å². The van der Waals surface area contributed by atoms with Crippen LogP contribution in [0.1, 0.15) is 13.3 Å². The average molecular weight is 389 g/mol. The van der Waals surface area contributed by atoms with Crippen molar-refractivity contribution in [3.63, 3.8) is 0 Å². The molecule has 5 nitrogen and oxygen atoms in total. The maximum Gasteiger partial charge on any atom is 0.267 e. The molecule has 124 valence electrons. The first-order chi connectivity index (χ1) is 11.5. The smallest absolute Gasteiger partial charge is 0.267 e. The fourth-order valence-corrected chi connectivity index (χ4v) is 2.99. The number of para-hydroxylation sites is 2. The zero-order valence-electron chi connectivity index (χ0n) is 13.2. The Labute approximate surface area is 148 Å². The third-order valence-electron chi connectivity index (χ3n) is 3.74. The Bertz CT molecular complexity index is 778. The third-order valence-corrected chi connectivity index (χ3v) is 4.24. The van der Waals surface area contributed by atoms with Gasteiger partial charge >= 0.3 is 0 Å². The number of hydrogen-bond donors (Lipinski definition) is 1. The molecule has 1 atom stereocenters. The lowest BCUT2D eigenvalue weighted by Gasteiger charge is -2.32. The van der Waals surface area contributed by atoms with Crippen LogP contribution >= 0.6 is 15.9 Å². The first kappa shape index (κ1) is 16.5. The highest BCUT2D eigenvalue weighted by Crippen LogP contribution is 2.33. The fraction of sp³-hybridized carbons (Fsp3) is 0.222. The zero-order chi connectivity index (χ0) is 17.1. The number of rotatable bonds is 4. The van der Waals surface area contributed by atoms with Crippen molar-refractivity contribution in [2.45, 2.75) is 19.4 Å². The monoisotopic (exact) mass is 388 g/mol. The third kappa shape index (κ3) is 3.59. The van der Waals surface area contributed by atoms with Gasteiger partial charge in [-0.1, -0.05) is 34.1 Å². The summed E-state index contributed by atoms with van der Waals surface area (Å²) in [7, 11) is 0. The number of nitrogens with one attached hydrogen (secondary N) is 1. The average Bonchev–Trinajstić information content (AvgIpc) is 2.55. The summed E-state index contributed by atoms with van der Waals surface area (Å²) in [5.41, 5.74) is 1.42. The number of benzene rings is 2. The molecule has 0 aromatic heterocycles. The fourth-order valence-electron chi connectivity index (χ4n) is 2.59. The lowest BCUT2D eigenvalue weighted by molar-refractivity contribution is -0.125. The van der Waals surface area contributed by atoms with Crippen molar-refractivity contribution in [1.82, 2.24) is 0 Å². The molecule has 1 heterocycles. The van der Waals surface area contributed by atoms with E-state index >= 15 is 0 Å². The highest BCUT2D eigenvalue weighted by molar-refractivity contribution is 9.10. The number of hydrogen-bond acceptors (Lipinski definition) is 3. The van der Waals surface area contributed by atoms with E-state index in [-0.39, 0.29) is 18.2 Å². The van der Waals surface area contributed by atoms with Crippen molar-refractivity contribution in [1.29, 1.82) is 0 Å². The maximum absolute atomic E-state index is 12.4. The summed E-state index contributed by atoms with van der Waals surface area (Å²) in [5.74, 6) is 0.387. The molecule has 6 heteroatoms. The van der Waals surface area contributed by atoms with Crippen LogP contribution in [0.2, 0.25) is 0 Å². The van der Waals surface area contributed by atoms with E-state index in [1.54, 1.807) is 11.8 Å². The molecule has 0 bridgehead atoms. The Morgan fingerprint density at radius 2 is 2.04 bits per heavy atom. The summed E-state index contributed by atoms with van der Waals surface area (Å²) in [6, 6.07) is 14.7. The number of halogens is 1. The van der Waals surface area contributed by atoms with E-state index in [2.05, 4.69) is 21.2 Å². The molecule has 0 spiro atoms. The molecule has 0 unspecified atom stereocenters. The predicted molar refractivity (Wildman–Crippen MR) is 96.3 cm³/mol. The molecule has 2 aromatic carbocycles. The molecule has 1 N–H and O–H groups in total. The van der Waals surface area contributed by atoms with E-state index in [4.69, 9.17) is 4.74 Å². The zero-order valence-corrected chi connectivity index (χ0v) is 14.7. The second-order valence-corrected chi connectivity index (χ2v) is 6.44. The van der Waals surface area contributed by atoms with E-state index in [0.717, 1.165) is 10.2 Å². The van der Waals surface area contributed by atoms with Gasteiger partial charge in [0, 0.05) is 23.1 Å². The SMILES string of the molecule is C[C@H]1Oc2ccccc2N(CCC(=O)Nc2cccc(Br)c2)C1=O. The van der Waals surface area contributed by atoms with Crippen LogP contribution in [0.4, 0.5) is 11.4 Å². The summed E-state index contributed by atoms with van der Waals surface area (Å²) in [5, 5.41) is 2.83. The number of fused-ring (bicyclic) bond motifs is 1. The number of amides is 2. The van der Waals surface area contributed by atoms with Gasteiger partial charge in [-0.2, -0.15) is 0 Å². The standard InChI is InChI=1S/C18H17BrN2O3/c1-12-18(23)21(15-7-2-3-8-16(15)24-12)10-9-17(22)20-14-6-4-5-13(19)11-14/h2-8,11-12H,9-10H2,1H3,(H,20,22)/t12-/m1/s1. The summed E-state index contributed by atoms with van der Waals surface area (Å²) in [4.78, 5) is 26.2. The van der Waals surface area contributed by atoms with Gasteiger partial charge in [0.2, 0.25) is 5.91 Å². The van der Waals surface area contributed by atoms with Gasteiger partial charge in [0.1, 0.15) is 5.75 Å². The molecule has 0 saturated heterocycles. The Morgan fingerprint density at radius 3 is 2.83 bits per heavy atom. The summed E-state index contributed by atoms with van der Waals surface area (Å²) in [6.07, 6.45) is -0.340. The van der Waals surface area contributed by atoms with Crippen molar-refractivity contribution in [2.24, 2.45) is 0 Å². The van der Waals surface area contributed by atoms with Crippen molar-refractivity contribution in [3.8, 4) is 5.75 Å². The normalized spacial score (nSPS) is 16.3. The van der Waals surface area contributed by atoms with Crippen molar-refractivity contribution >= 4 is 39.1 Å². The summed E-state index contributed by atoms with van der Waals surface area (Å²) in [6.45, 7) is 2.02. The minimum atomic E-state index is -0.548. The minimum Gasteiger partial charge on any atom is -0.479 e. The lowest BCUT2D eigenvalue weighted by Crippen LogP contribution is -2.45. The van der Waals surface area contributed by atoms with Crippen LogP contribution in [-0.2, 0) is 9.59 Å². The highest BCUT2D eigenvalue weighted by Gasteiger charge is 2.31. The molecule has 1 aliphatic heterocycles. The summed E-state index contributed by atoms with van der Waals surface area (Å²) < 4.78 is 6.49. The van der Waals surface area contributed by atoms with Crippen LogP contribution in [0.15, 0.2) is 53.0 Å². The molecule has 24 heavy (non-hydrogen) atoms. The first-order valence-corrected chi connectivity index (χ1v) is 8.46. The van der Waals surface area contributed by atoms with Crippen LogP contribution in [0.5, 0.6) is 5.75 Å². The van der Waals surface area contributed by atoms with Crippen LogP contribution < -0.4 is 15.0 Å². The second kappa shape index (κ2) is 7.05. The van der Waals surface area contributed by atoms with Crippen LogP contribution in [0, 0.1) is 0 Å². The maximum atomic E-state index is 12.4. The highest BCUT2D eigenvalue weighted by atomic mass is 79.9. The van der Waals surface area contributed by atoms with Gasteiger partial charge in [-0.15, -0.1) is 0 Å². The van der Waals surface area contributed by atoms with E-state index in [9.17, 15) is 9.59 Å². The Morgan fingerprint density at radius 1 is 1.25 bits per heavy atom. The van der Waals surface area contributed by atoms with Gasteiger partial charge in [0.05, 0.1) is 5.69 Å². The van der Waals surface area contributed by atoms with Crippen LogP contribution in [-0.4, -0.2) is 24.5 Å². The number of carbonyl (C=O) groups excluding carboxylic acids is 2. The van der Waals surface area contributed by atoms with Gasteiger partial charge in [-0.3, -0.25) is 9.59 Å². The van der Waals surface area contributed by atoms with Gasteiger partial charge in [-0.05, 0) is 37.3 Å². The molecule has 3 rings (SSSR count). The molecular weight excluding hydrogens is 372 g/mol. The lowest BCUT2D eigenvalue weighted by atomic mass is 10.1. The molecule has 0 fully saturated rings. The second-order valence-electron chi connectivity index (χ2n) is 5.53. The topological polar surface area (TPSA) is 58.6 Å². The summed E-state index contributed by atoms with van der Waals surface area (Å²) >= 11 is 3.37. The van der Waals surface area contributed by atoms with Gasteiger partial charge in [0.25, 0.3) is 5.91 Å². The number of anilines is 2. The van der Waals surface area contributed by atoms with Crippen LogP contribution in [0.3, 0.4) is 0 Å². The van der Waals surface area contributed by atoms with E-state index < -0.39 is 6.10 Å². The van der Waals surface area contributed by atoms with Crippen molar-refractivity contribution < 1.29 is 14.3 Å². The predicted octanol–water partition coefficient (Wildman–Crippen LogP) is 3.59. The quantitative estimate of drug-likeness (QED) is 0.870. The van der Waals surface area contributed by atoms with E-state index in [0.29, 0.717) is 18.0 Å². The van der Waals surface area contributed by atoms with Gasteiger partial charge in [-0.25, -0.2) is 0 Å². The number of carbonyl (C=O) groups is 2. The van der Waals surface area contributed by atoms with Crippen molar-refractivity contribution in [2.75, 3.05) is 16.8 Å². The number of nitrogens with zero attached hydrogens (tertiary/aromatic N) is 1. The molecular formula is C18H17BrN2O3. The largest absolute Gasteiger partial charge is 0.479 e. The molecule has 2 amide bonds. The van der Waals surface area contributed by atoms with E-state index in [1.165, 1.54) is 0 Å². The van der Waals surface area contributed by atoms with Gasteiger partial charge in [0.15, 0.2) is 6.10 Å². The van der Waals surface area contributed by atoms with E-state index in [1.807, 2.05) is 48.5 Å². The Hall–Kier alpha value is -2.34. The Kier molecular flexibility index (Phi) is 4.85. The van der Waals surface area contributed by atoms with Crippen LogP contribution in [0.25, 0.3) is 0 Å². The minimum absolute atomic E-state index is 0.135. The molecule has 1 aliphatic rings. The molecule has 2 aromatic rings. The number of ether oxygens (including phenoxy) is 1. The Balaban J connectivity index is 1.67.